The molecular formula is C21H29N3O5. The largest absolute Gasteiger partial charge is 0.389 e. The Morgan fingerprint density at radius 2 is 2.10 bits per heavy atom. The van der Waals surface area contributed by atoms with E-state index in [2.05, 4.69) is 10.3 Å². The summed E-state index contributed by atoms with van der Waals surface area (Å²) in [4.78, 5) is 31.0. The summed E-state index contributed by atoms with van der Waals surface area (Å²) < 4.78 is 11.8. The lowest BCUT2D eigenvalue weighted by Gasteiger charge is -2.44. The number of nitrogens with one attached hydrogen (secondary N) is 1. The number of nitrogens with zero attached hydrogens (tertiary/aromatic N) is 2. The second kappa shape index (κ2) is 9.19. The van der Waals surface area contributed by atoms with E-state index in [1.807, 2.05) is 0 Å². The van der Waals surface area contributed by atoms with Gasteiger partial charge >= 0.3 is 0 Å². The lowest BCUT2D eigenvalue weighted by Crippen LogP contribution is -2.57. The predicted molar refractivity (Wildman–Crippen MR) is 104 cm³/mol. The molecule has 1 aromatic heterocycles. The number of pyridine rings is 1. The van der Waals surface area contributed by atoms with E-state index in [4.69, 9.17) is 9.47 Å². The zero-order valence-electron chi connectivity index (χ0n) is 16.5. The molecule has 0 spiro atoms. The minimum atomic E-state index is -0.748. The van der Waals surface area contributed by atoms with E-state index in [9.17, 15) is 14.7 Å². The summed E-state index contributed by atoms with van der Waals surface area (Å²) in [6.45, 7) is 1.38. The zero-order valence-corrected chi connectivity index (χ0v) is 16.5. The minimum Gasteiger partial charge on any atom is -0.389 e. The van der Waals surface area contributed by atoms with Gasteiger partial charge in [-0.3, -0.25) is 14.6 Å². The van der Waals surface area contributed by atoms with Gasteiger partial charge in [-0.15, -0.1) is 0 Å². The topological polar surface area (TPSA) is 101 Å². The van der Waals surface area contributed by atoms with E-state index in [1.54, 1.807) is 23.2 Å². The third-order valence-electron chi connectivity index (χ3n) is 5.85. The first-order valence-electron chi connectivity index (χ1n) is 10.5. The highest BCUT2D eigenvalue weighted by molar-refractivity contribution is 5.94. The molecule has 8 nitrogen and oxygen atoms in total. The van der Waals surface area contributed by atoms with Crippen LogP contribution in [0.25, 0.3) is 0 Å². The summed E-state index contributed by atoms with van der Waals surface area (Å²) in [5.74, 6) is 0.497. The fourth-order valence-electron chi connectivity index (χ4n) is 4.09. The summed E-state index contributed by atoms with van der Waals surface area (Å²) in [6.07, 6.45) is 6.03. The third kappa shape index (κ3) is 5.32. The van der Waals surface area contributed by atoms with Gasteiger partial charge in [0.05, 0.1) is 43.4 Å². The van der Waals surface area contributed by atoms with Crippen molar-refractivity contribution in [1.29, 1.82) is 0 Å². The molecular weight excluding hydrogens is 374 g/mol. The predicted octanol–water partition coefficient (Wildman–Crippen LogP) is 0.747. The second-order valence-corrected chi connectivity index (χ2v) is 8.28. The lowest BCUT2D eigenvalue weighted by molar-refractivity contribution is -0.150. The molecule has 1 saturated carbocycles. The highest BCUT2D eigenvalue weighted by atomic mass is 16.5. The van der Waals surface area contributed by atoms with Gasteiger partial charge in [0, 0.05) is 25.5 Å². The summed E-state index contributed by atoms with van der Waals surface area (Å²) >= 11 is 0. The van der Waals surface area contributed by atoms with Crippen LogP contribution in [0, 0.1) is 5.92 Å². The number of aliphatic hydroxyl groups is 1. The molecule has 3 aliphatic rings. The molecule has 0 aromatic carbocycles. The maximum absolute atomic E-state index is 13.1. The van der Waals surface area contributed by atoms with Crippen LogP contribution in [0.5, 0.6) is 0 Å². The zero-order chi connectivity index (χ0) is 20.2. The van der Waals surface area contributed by atoms with Crippen molar-refractivity contribution in [3.05, 3.63) is 30.1 Å². The molecule has 2 aliphatic heterocycles. The standard InChI is InChI=1S/C21H29N3O5/c25-16-11-24(21(27)15-2-1-7-22-10-15)18-6-5-17(29-19(18)13-28-12-16)8-20(26)23-9-14-3-4-14/h1-2,7,10,14,16-19,25H,3-6,8-9,11-13H2,(H,23,26)/t16-,17-,18+,19-/m1/s1. The number of β-amino-alcohol motifs (C(OH)–C–C–N with tert-alkyl or cyclic N) is 1. The fraction of sp³-hybridized carbons (Fsp3) is 0.667. The Hall–Kier alpha value is -2.03. The van der Waals surface area contributed by atoms with Gasteiger partial charge in [-0.2, -0.15) is 0 Å². The second-order valence-electron chi connectivity index (χ2n) is 8.28. The lowest BCUT2D eigenvalue weighted by atomic mass is 9.94. The van der Waals surface area contributed by atoms with Crippen LogP contribution in [0.15, 0.2) is 24.5 Å². The van der Waals surface area contributed by atoms with Gasteiger partial charge in [0.2, 0.25) is 5.91 Å². The summed E-state index contributed by atoms with van der Waals surface area (Å²) in [6, 6.07) is 3.24. The number of carbonyl (C=O) groups excluding carboxylic acids is 2. The molecule has 2 N–H and O–H groups in total. The van der Waals surface area contributed by atoms with Crippen LogP contribution < -0.4 is 5.32 Å². The maximum atomic E-state index is 13.1. The van der Waals surface area contributed by atoms with Crippen LogP contribution in [0.2, 0.25) is 0 Å². The third-order valence-corrected chi connectivity index (χ3v) is 5.85. The molecule has 4 atom stereocenters. The number of amides is 2. The van der Waals surface area contributed by atoms with Crippen molar-refractivity contribution in [2.24, 2.45) is 5.92 Å². The molecule has 3 fully saturated rings. The van der Waals surface area contributed by atoms with Gasteiger partial charge in [0.15, 0.2) is 0 Å². The quantitative estimate of drug-likeness (QED) is 0.752. The molecule has 0 radical (unpaired) electrons. The number of hydrogen-bond acceptors (Lipinski definition) is 6. The molecule has 1 aromatic rings. The van der Waals surface area contributed by atoms with Gasteiger partial charge in [0.25, 0.3) is 5.91 Å². The van der Waals surface area contributed by atoms with Gasteiger partial charge in [-0.25, -0.2) is 0 Å². The summed E-state index contributed by atoms with van der Waals surface area (Å²) in [5, 5.41) is 13.2. The fourth-order valence-corrected chi connectivity index (χ4v) is 4.09. The Morgan fingerprint density at radius 1 is 1.24 bits per heavy atom. The molecule has 29 heavy (non-hydrogen) atoms. The number of fused-ring (bicyclic) bond motifs is 1. The number of ether oxygens (including phenoxy) is 2. The van der Waals surface area contributed by atoms with E-state index in [1.165, 1.54) is 19.0 Å². The molecule has 3 heterocycles. The average Bonchev–Trinajstić information content (AvgIpc) is 3.54. The normalized spacial score (nSPS) is 30.0. The highest BCUT2D eigenvalue weighted by Crippen LogP contribution is 2.29. The van der Waals surface area contributed by atoms with Gasteiger partial charge in [0.1, 0.15) is 6.10 Å². The monoisotopic (exact) mass is 403 g/mol. The van der Waals surface area contributed by atoms with Crippen molar-refractivity contribution in [3.8, 4) is 0 Å². The van der Waals surface area contributed by atoms with Gasteiger partial charge in [-0.1, -0.05) is 0 Å². The van der Waals surface area contributed by atoms with E-state index >= 15 is 0 Å². The number of aliphatic hydroxyl groups excluding tert-OH is 1. The van der Waals surface area contributed by atoms with E-state index < -0.39 is 6.10 Å². The molecule has 2 amide bonds. The Balaban J connectivity index is 1.41. The smallest absolute Gasteiger partial charge is 0.255 e. The average molecular weight is 403 g/mol. The van der Waals surface area contributed by atoms with Crippen molar-refractivity contribution < 1.29 is 24.2 Å². The van der Waals surface area contributed by atoms with Crippen molar-refractivity contribution in [2.45, 2.75) is 56.5 Å². The number of carbonyl (C=O) groups is 2. The summed E-state index contributed by atoms with van der Waals surface area (Å²) in [7, 11) is 0. The van der Waals surface area contributed by atoms with E-state index in [0.29, 0.717) is 37.4 Å². The molecule has 2 saturated heterocycles. The molecule has 8 heteroatoms. The van der Waals surface area contributed by atoms with Crippen molar-refractivity contribution >= 4 is 11.8 Å². The molecule has 0 bridgehead atoms. The van der Waals surface area contributed by atoms with Crippen LogP contribution >= 0.6 is 0 Å². The first-order valence-corrected chi connectivity index (χ1v) is 10.5. The molecule has 158 valence electrons. The van der Waals surface area contributed by atoms with Gasteiger partial charge < -0.3 is 24.8 Å². The van der Waals surface area contributed by atoms with Crippen LogP contribution in [0.1, 0.15) is 42.5 Å². The van der Waals surface area contributed by atoms with E-state index in [0.717, 1.165) is 6.54 Å². The van der Waals surface area contributed by atoms with Crippen molar-refractivity contribution in [2.75, 3.05) is 26.3 Å². The number of aromatic nitrogens is 1. The Labute approximate surface area is 170 Å². The Kier molecular flexibility index (Phi) is 6.42. The first kappa shape index (κ1) is 20.3. The maximum Gasteiger partial charge on any atom is 0.255 e. The Morgan fingerprint density at radius 3 is 2.86 bits per heavy atom. The molecule has 0 unspecified atom stereocenters. The Bertz CT molecular complexity index is 712. The van der Waals surface area contributed by atoms with Gasteiger partial charge in [-0.05, 0) is 43.7 Å². The van der Waals surface area contributed by atoms with Crippen LogP contribution in [0.3, 0.4) is 0 Å². The highest BCUT2D eigenvalue weighted by Gasteiger charge is 2.40. The number of rotatable bonds is 5. The van der Waals surface area contributed by atoms with Crippen molar-refractivity contribution in [1.82, 2.24) is 15.2 Å². The van der Waals surface area contributed by atoms with E-state index in [-0.39, 0.29) is 43.2 Å². The SMILES string of the molecule is O=C(C[C@H]1CC[C@H]2[C@@H](COC[C@H](O)CN2C(=O)c2cccnc2)O1)NCC1CC1. The summed E-state index contributed by atoms with van der Waals surface area (Å²) in [5.41, 5.74) is 0.488. The molecule has 4 rings (SSSR count). The molecule has 1 aliphatic carbocycles. The van der Waals surface area contributed by atoms with Crippen molar-refractivity contribution in [3.63, 3.8) is 0 Å². The number of hydrogen-bond donors (Lipinski definition) is 2. The van der Waals surface area contributed by atoms with Crippen LogP contribution in [-0.2, 0) is 14.3 Å². The van der Waals surface area contributed by atoms with Crippen LogP contribution in [0.4, 0.5) is 0 Å². The van der Waals surface area contributed by atoms with Crippen LogP contribution in [-0.4, -0.2) is 77.5 Å². The minimum absolute atomic E-state index is 0.0193. The first-order chi connectivity index (χ1) is 14.1.